The summed E-state index contributed by atoms with van der Waals surface area (Å²) in [6.45, 7) is 5.44. The lowest BCUT2D eigenvalue weighted by Gasteiger charge is -2.24. The zero-order valence-electron chi connectivity index (χ0n) is 15.6. The van der Waals surface area contributed by atoms with Crippen LogP contribution >= 0.6 is 0 Å². The summed E-state index contributed by atoms with van der Waals surface area (Å²) >= 11 is 0. The van der Waals surface area contributed by atoms with Gasteiger partial charge in [0.1, 0.15) is 12.4 Å². The van der Waals surface area contributed by atoms with Crippen LogP contribution in [0.3, 0.4) is 0 Å². The molecule has 0 fully saturated rings. The molecule has 3 nitrogen and oxygen atoms in total. The average Bonchev–Trinajstić information content (AvgIpc) is 3.02. The van der Waals surface area contributed by atoms with Crippen molar-refractivity contribution in [3.63, 3.8) is 0 Å². The smallest absolute Gasteiger partial charge is 0.258 e. The van der Waals surface area contributed by atoms with Crippen LogP contribution in [0.1, 0.15) is 39.5 Å². The average molecular weight is 355 g/mol. The van der Waals surface area contributed by atoms with Gasteiger partial charge in [0.15, 0.2) is 0 Å². The van der Waals surface area contributed by atoms with Crippen molar-refractivity contribution in [3.8, 4) is 16.9 Å². The maximum absolute atomic E-state index is 13.0. The predicted octanol–water partition coefficient (Wildman–Crippen LogP) is 5.28. The third kappa shape index (κ3) is 2.46. The van der Waals surface area contributed by atoms with Crippen LogP contribution in [-0.4, -0.2) is 5.91 Å². The number of aryl methyl sites for hydroxylation is 2. The molecule has 0 bridgehead atoms. The summed E-state index contributed by atoms with van der Waals surface area (Å²) in [6.07, 6.45) is 0.995. The normalized spacial score (nSPS) is 14.4. The maximum atomic E-state index is 13.0. The van der Waals surface area contributed by atoms with Gasteiger partial charge in [-0.1, -0.05) is 31.2 Å². The monoisotopic (exact) mass is 355 g/mol. The molecule has 2 aliphatic rings. The van der Waals surface area contributed by atoms with Crippen LogP contribution in [0.25, 0.3) is 11.1 Å². The molecule has 0 radical (unpaired) electrons. The van der Waals surface area contributed by atoms with Gasteiger partial charge in [0.2, 0.25) is 0 Å². The Hall–Kier alpha value is -3.07. The molecule has 0 saturated heterocycles. The van der Waals surface area contributed by atoms with Crippen LogP contribution in [-0.2, 0) is 19.6 Å². The van der Waals surface area contributed by atoms with E-state index in [0.29, 0.717) is 13.2 Å². The number of ether oxygens (including phenoxy) is 1. The molecular formula is C24H21NO2. The Morgan fingerprint density at radius 2 is 1.78 bits per heavy atom. The van der Waals surface area contributed by atoms with E-state index in [1.807, 2.05) is 41.3 Å². The van der Waals surface area contributed by atoms with E-state index in [9.17, 15) is 4.79 Å². The van der Waals surface area contributed by atoms with E-state index >= 15 is 0 Å². The van der Waals surface area contributed by atoms with E-state index in [-0.39, 0.29) is 5.91 Å². The van der Waals surface area contributed by atoms with Crippen LogP contribution in [0.2, 0.25) is 0 Å². The van der Waals surface area contributed by atoms with Gasteiger partial charge in [0.25, 0.3) is 5.91 Å². The molecule has 0 saturated carbocycles. The second-order valence-corrected chi connectivity index (χ2v) is 7.32. The predicted molar refractivity (Wildman–Crippen MR) is 107 cm³/mol. The van der Waals surface area contributed by atoms with Crippen LogP contribution in [0.5, 0.6) is 5.75 Å². The van der Waals surface area contributed by atoms with Crippen molar-refractivity contribution in [2.24, 2.45) is 0 Å². The fourth-order valence-corrected chi connectivity index (χ4v) is 4.22. The molecule has 0 atom stereocenters. The molecule has 0 spiro atoms. The summed E-state index contributed by atoms with van der Waals surface area (Å²) < 4.78 is 6.05. The maximum Gasteiger partial charge on any atom is 0.258 e. The number of para-hydroxylation sites is 1. The number of nitrogens with zero attached hydrogens (tertiary/aromatic N) is 1. The summed E-state index contributed by atoms with van der Waals surface area (Å²) in [4.78, 5) is 14.8. The first-order chi connectivity index (χ1) is 13.2. The van der Waals surface area contributed by atoms with Crippen LogP contribution in [0, 0.1) is 6.92 Å². The lowest BCUT2D eigenvalue weighted by Crippen LogP contribution is -2.22. The molecule has 0 aliphatic carbocycles. The molecule has 27 heavy (non-hydrogen) atoms. The minimum atomic E-state index is 0.0721. The number of benzene rings is 3. The van der Waals surface area contributed by atoms with E-state index in [0.717, 1.165) is 34.5 Å². The number of rotatable bonds is 2. The second-order valence-electron chi connectivity index (χ2n) is 7.32. The largest absolute Gasteiger partial charge is 0.488 e. The summed E-state index contributed by atoms with van der Waals surface area (Å²) in [6, 6.07) is 18.5. The van der Waals surface area contributed by atoms with Gasteiger partial charge >= 0.3 is 0 Å². The van der Waals surface area contributed by atoms with Gasteiger partial charge in [-0.2, -0.15) is 0 Å². The molecule has 2 aliphatic heterocycles. The minimum absolute atomic E-state index is 0.0721. The van der Waals surface area contributed by atoms with Crippen molar-refractivity contribution in [3.05, 3.63) is 82.4 Å². The molecule has 3 heteroatoms. The quantitative estimate of drug-likeness (QED) is 0.626. The second kappa shape index (κ2) is 5.98. The molecule has 0 N–H and O–H groups in total. The number of carbonyl (C=O) groups excluding carboxylic acids is 1. The van der Waals surface area contributed by atoms with Crippen molar-refractivity contribution >= 4 is 11.6 Å². The number of amides is 1. The number of hydrogen-bond donors (Lipinski definition) is 0. The number of fused-ring (bicyclic) bond motifs is 4. The first kappa shape index (κ1) is 16.1. The zero-order chi connectivity index (χ0) is 18.5. The summed E-state index contributed by atoms with van der Waals surface area (Å²) in [5, 5.41) is 0. The molecule has 1 amide bonds. The van der Waals surface area contributed by atoms with Gasteiger partial charge in [0, 0.05) is 16.8 Å². The van der Waals surface area contributed by atoms with Gasteiger partial charge in [-0.3, -0.25) is 4.79 Å². The van der Waals surface area contributed by atoms with Gasteiger partial charge in [-0.15, -0.1) is 0 Å². The fraction of sp³-hybridized carbons (Fsp3) is 0.208. The highest BCUT2D eigenvalue weighted by atomic mass is 16.5. The van der Waals surface area contributed by atoms with Crippen LogP contribution in [0.4, 0.5) is 5.69 Å². The fourth-order valence-electron chi connectivity index (χ4n) is 4.22. The molecule has 0 aromatic heterocycles. The highest BCUT2D eigenvalue weighted by Crippen LogP contribution is 2.43. The first-order valence-electron chi connectivity index (χ1n) is 9.45. The minimum Gasteiger partial charge on any atom is -0.488 e. The van der Waals surface area contributed by atoms with E-state index < -0.39 is 0 Å². The lowest BCUT2D eigenvalue weighted by atomic mass is 9.89. The van der Waals surface area contributed by atoms with Crippen LogP contribution in [0.15, 0.2) is 54.6 Å². The van der Waals surface area contributed by atoms with Crippen molar-refractivity contribution in [1.82, 2.24) is 0 Å². The Labute approximate surface area is 159 Å². The highest BCUT2D eigenvalue weighted by Gasteiger charge is 2.31. The Bertz CT molecular complexity index is 1070. The zero-order valence-corrected chi connectivity index (χ0v) is 15.6. The van der Waals surface area contributed by atoms with Crippen molar-refractivity contribution in [1.29, 1.82) is 0 Å². The SMILES string of the molecule is CCc1cc(C)c2c(c1)OCc1cc3c(cc1-2)CN(c1ccccc1)C3=O. The van der Waals surface area contributed by atoms with Gasteiger partial charge in [0.05, 0.1) is 6.54 Å². The number of hydrogen-bond acceptors (Lipinski definition) is 2. The molecule has 5 rings (SSSR count). The van der Waals surface area contributed by atoms with E-state index in [1.165, 1.54) is 22.3 Å². The Morgan fingerprint density at radius 1 is 1.00 bits per heavy atom. The Balaban J connectivity index is 1.62. The Kier molecular flexibility index (Phi) is 3.57. The standard InChI is InChI=1S/C24H21NO2/c1-3-16-9-15(2)23-20-11-17-13-25(19-7-5-4-6-8-19)24(26)21(17)12-18(20)14-27-22(23)10-16/h4-12H,3,13-14H2,1-2H3. The third-order valence-corrected chi connectivity index (χ3v) is 5.62. The molecular weight excluding hydrogens is 334 g/mol. The van der Waals surface area contributed by atoms with Crippen LogP contribution < -0.4 is 9.64 Å². The summed E-state index contributed by atoms with van der Waals surface area (Å²) in [5.74, 6) is 1.03. The van der Waals surface area contributed by atoms with Gasteiger partial charge in [-0.05, 0) is 71.5 Å². The van der Waals surface area contributed by atoms with Crippen molar-refractivity contribution in [2.45, 2.75) is 33.4 Å². The number of anilines is 1. The van der Waals surface area contributed by atoms with Crippen molar-refractivity contribution in [2.75, 3.05) is 4.90 Å². The number of carbonyl (C=O) groups is 1. The molecule has 3 aromatic carbocycles. The molecule has 3 aromatic rings. The molecule has 2 heterocycles. The van der Waals surface area contributed by atoms with E-state index in [2.05, 4.69) is 32.0 Å². The molecule has 0 unspecified atom stereocenters. The summed E-state index contributed by atoms with van der Waals surface area (Å²) in [7, 11) is 0. The van der Waals surface area contributed by atoms with Gasteiger partial charge in [-0.25, -0.2) is 0 Å². The third-order valence-electron chi connectivity index (χ3n) is 5.62. The lowest BCUT2D eigenvalue weighted by molar-refractivity contribution is 0.0996. The van der Waals surface area contributed by atoms with E-state index in [1.54, 1.807) is 0 Å². The Morgan fingerprint density at radius 3 is 2.56 bits per heavy atom. The topological polar surface area (TPSA) is 29.5 Å². The first-order valence-corrected chi connectivity index (χ1v) is 9.45. The highest BCUT2D eigenvalue weighted by molar-refractivity contribution is 6.10. The van der Waals surface area contributed by atoms with Gasteiger partial charge < -0.3 is 9.64 Å². The molecule has 134 valence electrons. The summed E-state index contributed by atoms with van der Waals surface area (Å²) in [5.41, 5.74) is 8.83. The van der Waals surface area contributed by atoms with Crippen molar-refractivity contribution < 1.29 is 9.53 Å². The van der Waals surface area contributed by atoms with E-state index in [4.69, 9.17) is 4.74 Å².